The van der Waals surface area contributed by atoms with E-state index in [0.29, 0.717) is 23.7 Å². The van der Waals surface area contributed by atoms with Gasteiger partial charge in [-0.2, -0.15) is 5.10 Å². The lowest BCUT2D eigenvalue weighted by Gasteiger charge is -2.12. The number of pyridine rings is 1. The summed E-state index contributed by atoms with van der Waals surface area (Å²) >= 11 is 7.16. The molecule has 1 amide bonds. The highest BCUT2D eigenvalue weighted by Crippen LogP contribution is 2.36. The lowest BCUT2D eigenvalue weighted by atomic mass is 10.0. The quantitative estimate of drug-likeness (QED) is 0.145. The van der Waals surface area contributed by atoms with Crippen molar-refractivity contribution in [1.82, 2.24) is 10.4 Å². The summed E-state index contributed by atoms with van der Waals surface area (Å²) in [5, 5.41) is 4.97. The number of para-hydroxylation sites is 1. The molecule has 4 aromatic carbocycles. The first-order valence-corrected chi connectivity index (χ1v) is 13.9. The Morgan fingerprint density at radius 2 is 1.68 bits per heavy atom. The predicted molar refractivity (Wildman–Crippen MR) is 161 cm³/mol. The molecule has 0 saturated carbocycles. The molecule has 2 heterocycles. The van der Waals surface area contributed by atoms with Crippen LogP contribution in [0.1, 0.15) is 21.5 Å². The van der Waals surface area contributed by atoms with Crippen LogP contribution in [0.5, 0.6) is 17.2 Å². The second-order valence-corrected chi connectivity index (χ2v) is 10.6. The van der Waals surface area contributed by atoms with Gasteiger partial charge in [-0.1, -0.05) is 54.6 Å². The zero-order valence-electron chi connectivity index (χ0n) is 20.9. The summed E-state index contributed by atoms with van der Waals surface area (Å²) in [5.74, 6) is 1.77. The van der Waals surface area contributed by atoms with Gasteiger partial charge in [-0.3, -0.25) is 4.79 Å². The number of ether oxygens (including phenoxy) is 3. The van der Waals surface area contributed by atoms with Gasteiger partial charge in [-0.25, -0.2) is 10.4 Å². The number of carbonyl (C=O) groups is 1. The minimum Gasteiger partial charge on any atom is -0.487 e. The molecule has 0 fully saturated rings. The molecule has 0 bridgehead atoms. The van der Waals surface area contributed by atoms with E-state index in [1.54, 1.807) is 12.3 Å². The van der Waals surface area contributed by atoms with Gasteiger partial charge in [0, 0.05) is 10.9 Å². The van der Waals surface area contributed by atoms with Crippen LogP contribution in [0.15, 0.2) is 105 Å². The van der Waals surface area contributed by atoms with Gasteiger partial charge in [-0.05, 0) is 79.4 Å². The third-order valence-electron chi connectivity index (χ3n) is 6.25. The molecule has 0 saturated heterocycles. The third kappa shape index (κ3) is 5.57. The fraction of sp³-hybridized carbons (Fsp3) is 0.0645. The highest BCUT2D eigenvalue weighted by molar-refractivity contribution is 9.11. The van der Waals surface area contributed by atoms with E-state index in [1.807, 2.05) is 84.9 Å². The maximum Gasteiger partial charge on any atom is 0.272 e. The molecule has 0 aliphatic carbocycles. The van der Waals surface area contributed by atoms with Crippen LogP contribution in [0.25, 0.3) is 22.2 Å². The minimum absolute atomic E-state index is 0.230. The smallest absolute Gasteiger partial charge is 0.272 e. The Labute approximate surface area is 247 Å². The van der Waals surface area contributed by atoms with Crippen LogP contribution in [0.3, 0.4) is 0 Å². The summed E-state index contributed by atoms with van der Waals surface area (Å²) in [6, 6.07) is 28.6. The lowest BCUT2D eigenvalue weighted by Crippen LogP contribution is -2.18. The number of hydrazone groups is 1. The van der Waals surface area contributed by atoms with Gasteiger partial charge in [0.05, 0.1) is 31.9 Å². The number of hydrogen-bond donors (Lipinski definition) is 1. The molecule has 1 aromatic heterocycles. The number of nitrogens with one attached hydrogen (secondary N) is 1. The number of rotatable bonds is 7. The van der Waals surface area contributed by atoms with Crippen molar-refractivity contribution in [2.75, 3.05) is 6.79 Å². The summed E-state index contributed by atoms with van der Waals surface area (Å²) in [7, 11) is 0. The largest absolute Gasteiger partial charge is 0.487 e. The number of aromatic nitrogens is 1. The second kappa shape index (κ2) is 11.5. The van der Waals surface area contributed by atoms with E-state index < -0.39 is 0 Å². The van der Waals surface area contributed by atoms with Crippen molar-refractivity contribution in [2.24, 2.45) is 5.10 Å². The van der Waals surface area contributed by atoms with Crippen molar-refractivity contribution in [3.05, 3.63) is 117 Å². The van der Waals surface area contributed by atoms with Crippen molar-refractivity contribution in [3.63, 3.8) is 0 Å². The first-order chi connectivity index (χ1) is 19.5. The molecule has 9 heteroatoms. The van der Waals surface area contributed by atoms with Crippen molar-refractivity contribution < 1.29 is 19.0 Å². The maximum atomic E-state index is 13.2. The first kappa shape index (κ1) is 26.0. The fourth-order valence-electron chi connectivity index (χ4n) is 4.32. The Bertz CT molecular complexity index is 1740. The second-order valence-electron chi connectivity index (χ2n) is 8.93. The van der Waals surface area contributed by atoms with Crippen molar-refractivity contribution in [2.45, 2.75) is 6.61 Å². The maximum absolute atomic E-state index is 13.2. The number of amides is 1. The van der Waals surface area contributed by atoms with Crippen LogP contribution in [0, 0.1) is 0 Å². The summed E-state index contributed by atoms with van der Waals surface area (Å²) < 4.78 is 18.3. The molecule has 198 valence electrons. The summed E-state index contributed by atoms with van der Waals surface area (Å²) in [4.78, 5) is 17.9. The van der Waals surface area contributed by atoms with Gasteiger partial charge in [0.15, 0.2) is 11.5 Å². The molecular formula is C31H21Br2N3O4. The van der Waals surface area contributed by atoms with Gasteiger partial charge >= 0.3 is 0 Å². The molecule has 1 aliphatic rings. The summed E-state index contributed by atoms with van der Waals surface area (Å²) in [5.41, 5.74) is 7.26. The number of halogens is 2. The first-order valence-electron chi connectivity index (χ1n) is 12.3. The van der Waals surface area contributed by atoms with Gasteiger partial charge in [0.1, 0.15) is 12.4 Å². The molecule has 1 aliphatic heterocycles. The highest BCUT2D eigenvalue weighted by Gasteiger charge is 2.16. The standard InChI is InChI=1S/C31H21Br2N3O4/c32-24-12-20(13-25(33)30(24)38-17-19-10-11-28-29(14-19)40-18-39-28)16-34-36-31(37)23-15-27(21-6-2-1-3-7-21)35-26-9-5-4-8-22(23)26/h1-16H,17-18H2,(H,36,37)/b34-16+. The van der Waals surface area contributed by atoms with Crippen LogP contribution in [-0.2, 0) is 6.61 Å². The lowest BCUT2D eigenvalue weighted by molar-refractivity contribution is 0.0956. The Kier molecular flexibility index (Phi) is 7.48. The molecule has 7 nitrogen and oxygen atoms in total. The Hall–Kier alpha value is -4.21. The molecular weight excluding hydrogens is 638 g/mol. The van der Waals surface area contributed by atoms with Crippen LogP contribution in [-0.4, -0.2) is 23.9 Å². The monoisotopic (exact) mass is 657 g/mol. The minimum atomic E-state index is -0.325. The zero-order chi connectivity index (χ0) is 27.5. The van der Waals surface area contributed by atoms with Gasteiger partial charge < -0.3 is 14.2 Å². The normalized spacial score (nSPS) is 12.2. The Morgan fingerprint density at radius 1 is 0.925 bits per heavy atom. The molecule has 6 rings (SSSR count). The Balaban J connectivity index is 1.17. The predicted octanol–water partition coefficient (Wildman–Crippen LogP) is 7.50. The van der Waals surface area contributed by atoms with Gasteiger partial charge in [0.25, 0.3) is 5.91 Å². The number of fused-ring (bicyclic) bond motifs is 2. The zero-order valence-corrected chi connectivity index (χ0v) is 24.1. The number of benzene rings is 4. The van der Waals surface area contributed by atoms with E-state index in [1.165, 1.54) is 0 Å². The summed E-state index contributed by atoms with van der Waals surface area (Å²) in [6.45, 7) is 0.580. The van der Waals surface area contributed by atoms with E-state index in [4.69, 9.17) is 19.2 Å². The van der Waals surface area contributed by atoms with E-state index in [9.17, 15) is 4.79 Å². The van der Waals surface area contributed by atoms with Crippen molar-refractivity contribution in [1.29, 1.82) is 0 Å². The Morgan fingerprint density at radius 3 is 2.50 bits per heavy atom. The van der Waals surface area contributed by atoms with Crippen LogP contribution in [0.4, 0.5) is 0 Å². The summed E-state index contributed by atoms with van der Waals surface area (Å²) in [6.07, 6.45) is 1.58. The molecule has 5 aromatic rings. The SMILES string of the molecule is O=C(N/N=C/c1cc(Br)c(OCc2ccc3c(c2)OCO3)c(Br)c1)c1cc(-c2ccccc2)nc2ccccc12. The van der Waals surface area contributed by atoms with E-state index in [2.05, 4.69) is 42.4 Å². The average molecular weight is 659 g/mol. The van der Waals surface area contributed by atoms with Crippen LogP contribution in [0.2, 0.25) is 0 Å². The van der Waals surface area contributed by atoms with Crippen molar-refractivity contribution in [3.8, 4) is 28.5 Å². The molecule has 40 heavy (non-hydrogen) atoms. The molecule has 0 radical (unpaired) electrons. The molecule has 0 atom stereocenters. The topological polar surface area (TPSA) is 82.0 Å². The van der Waals surface area contributed by atoms with Crippen LogP contribution < -0.4 is 19.6 Å². The highest BCUT2D eigenvalue weighted by atomic mass is 79.9. The van der Waals surface area contributed by atoms with E-state index in [0.717, 1.165) is 48.0 Å². The third-order valence-corrected chi connectivity index (χ3v) is 7.43. The van der Waals surface area contributed by atoms with Gasteiger partial charge in [0.2, 0.25) is 6.79 Å². The van der Waals surface area contributed by atoms with Gasteiger partial charge in [-0.15, -0.1) is 0 Å². The number of nitrogens with zero attached hydrogens (tertiary/aromatic N) is 2. The number of hydrogen-bond acceptors (Lipinski definition) is 6. The molecule has 0 unspecified atom stereocenters. The van der Waals surface area contributed by atoms with Crippen molar-refractivity contribution >= 4 is 54.9 Å². The fourth-order valence-corrected chi connectivity index (χ4v) is 5.77. The van der Waals surface area contributed by atoms with E-state index >= 15 is 0 Å². The average Bonchev–Trinajstić information content (AvgIpc) is 3.45. The van der Waals surface area contributed by atoms with E-state index in [-0.39, 0.29) is 12.7 Å². The number of carbonyl (C=O) groups excluding carboxylic acids is 1. The molecule has 0 spiro atoms. The molecule has 1 N–H and O–H groups in total. The van der Waals surface area contributed by atoms with Crippen LogP contribution >= 0.6 is 31.9 Å².